The third kappa shape index (κ3) is 2.14. The van der Waals surface area contributed by atoms with Gasteiger partial charge in [-0.25, -0.2) is 0 Å². The van der Waals surface area contributed by atoms with Crippen LogP contribution in [-0.4, -0.2) is 13.2 Å². The molecule has 1 aromatic heterocycles. The van der Waals surface area contributed by atoms with E-state index in [1.165, 1.54) is 14.3 Å². The summed E-state index contributed by atoms with van der Waals surface area (Å²) in [5, 5.41) is 8.69. The van der Waals surface area contributed by atoms with Gasteiger partial charge in [-0.3, -0.25) is 0 Å². The maximum absolute atomic E-state index is 4.35. The topological polar surface area (TPSA) is 30.7 Å². The van der Waals surface area contributed by atoms with E-state index >= 15 is 0 Å². The summed E-state index contributed by atoms with van der Waals surface area (Å²) in [6, 6.07) is 0. The zero-order valence-electron chi connectivity index (χ0n) is 6.23. The minimum absolute atomic E-state index is 0.995. The van der Waals surface area contributed by atoms with Crippen molar-refractivity contribution in [1.82, 2.24) is 13.2 Å². The van der Waals surface area contributed by atoms with Crippen LogP contribution in [0, 0.1) is 14.3 Å². The standard InChI is InChI=1S/C6I5N3/c7-1-2(8)4(10)6-5(3(1)9)12-14(11)13-6. The summed E-state index contributed by atoms with van der Waals surface area (Å²) in [6.45, 7) is 0. The number of benzene rings is 1. The number of fused-ring (bicyclic) bond motifs is 1. The van der Waals surface area contributed by atoms with Gasteiger partial charge in [0, 0.05) is 7.14 Å². The van der Waals surface area contributed by atoms with Crippen molar-refractivity contribution in [2.75, 3.05) is 0 Å². The molecule has 0 radical (unpaired) electrons. The van der Waals surface area contributed by atoms with Gasteiger partial charge in [0.25, 0.3) is 0 Å². The van der Waals surface area contributed by atoms with Crippen molar-refractivity contribution in [1.29, 1.82) is 0 Å². The minimum Gasteiger partial charge on any atom is -0.142 e. The molecule has 0 saturated carbocycles. The Bertz CT molecular complexity index is 475. The van der Waals surface area contributed by atoms with Crippen molar-refractivity contribution in [3.8, 4) is 0 Å². The molecule has 0 atom stereocenters. The summed E-state index contributed by atoms with van der Waals surface area (Å²) in [5.41, 5.74) is 1.99. The fourth-order valence-corrected chi connectivity index (χ4v) is 4.76. The van der Waals surface area contributed by atoms with Gasteiger partial charge in [-0.05, 0) is 90.4 Å². The summed E-state index contributed by atoms with van der Waals surface area (Å²) in [7, 11) is 0. The van der Waals surface area contributed by atoms with E-state index in [-0.39, 0.29) is 0 Å². The first-order valence-corrected chi connectivity index (χ1v) is 8.55. The van der Waals surface area contributed by atoms with Crippen LogP contribution in [0.5, 0.6) is 0 Å². The zero-order valence-corrected chi connectivity index (χ0v) is 17.0. The van der Waals surface area contributed by atoms with Gasteiger partial charge in [0.1, 0.15) is 33.9 Å². The molecule has 2 rings (SSSR count). The zero-order chi connectivity index (χ0) is 10.5. The van der Waals surface area contributed by atoms with Crippen LogP contribution in [0.1, 0.15) is 0 Å². The lowest BCUT2D eigenvalue weighted by atomic mass is 10.3. The molecule has 2 aromatic rings. The summed E-state index contributed by atoms with van der Waals surface area (Å²) in [4.78, 5) is 0. The van der Waals surface area contributed by atoms with Gasteiger partial charge in [0.05, 0.1) is 7.14 Å². The summed E-state index contributed by atoms with van der Waals surface area (Å²) in [5.74, 6) is 0. The molecule has 74 valence electrons. The molecule has 0 unspecified atom stereocenters. The van der Waals surface area contributed by atoms with Crippen molar-refractivity contribution in [3.63, 3.8) is 0 Å². The Morgan fingerprint density at radius 2 is 1.07 bits per heavy atom. The van der Waals surface area contributed by atoms with Gasteiger partial charge in [-0.15, -0.1) is 13.2 Å². The van der Waals surface area contributed by atoms with Crippen molar-refractivity contribution in [2.45, 2.75) is 0 Å². The average Bonchev–Trinajstić information content (AvgIpc) is 2.54. The molecule has 0 spiro atoms. The first-order valence-electron chi connectivity index (χ1n) is 3.27. The number of hydrogen-bond donors (Lipinski definition) is 0. The largest absolute Gasteiger partial charge is 0.142 e. The Kier molecular flexibility index (Phi) is 4.42. The second-order valence-corrected chi connectivity index (χ2v) is 7.57. The molecule has 0 saturated heterocycles. The van der Waals surface area contributed by atoms with Crippen LogP contribution in [-0.2, 0) is 0 Å². The summed E-state index contributed by atoms with van der Waals surface area (Å²) < 4.78 is 6.49. The molecule has 0 bridgehead atoms. The lowest BCUT2D eigenvalue weighted by Crippen LogP contribution is -1.92. The van der Waals surface area contributed by atoms with Crippen molar-refractivity contribution < 1.29 is 0 Å². The maximum atomic E-state index is 4.35. The van der Waals surface area contributed by atoms with Gasteiger partial charge in [-0.1, -0.05) is 0 Å². The number of rotatable bonds is 0. The second-order valence-electron chi connectivity index (χ2n) is 2.39. The first kappa shape index (κ1) is 12.7. The molecule has 0 N–H and O–H groups in total. The lowest BCUT2D eigenvalue weighted by molar-refractivity contribution is 0.923. The molecule has 0 aliphatic heterocycles. The Labute approximate surface area is 149 Å². The summed E-state index contributed by atoms with van der Waals surface area (Å²) in [6.07, 6.45) is 0. The molecule has 1 aromatic carbocycles. The van der Waals surface area contributed by atoms with Crippen LogP contribution in [0.25, 0.3) is 11.0 Å². The molecule has 0 fully saturated rings. The van der Waals surface area contributed by atoms with E-state index < -0.39 is 0 Å². The second kappa shape index (κ2) is 4.87. The van der Waals surface area contributed by atoms with E-state index in [0.717, 1.165) is 11.0 Å². The molecule has 0 aliphatic rings. The maximum Gasteiger partial charge on any atom is 0.129 e. The van der Waals surface area contributed by atoms with Gasteiger partial charge in [0.15, 0.2) is 0 Å². The van der Waals surface area contributed by atoms with Crippen LogP contribution in [0.3, 0.4) is 0 Å². The smallest absolute Gasteiger partial charge is 0.129 e. The van der Waals surface area contributed by atoms with Gasteiger partial charge < -0.3 is 0 Å². The monoisotopic (exact) mass is 749 g/mol. The van der Waals surface area contributed by atoms with E-state index in [0.29, 0.717) is 0 Å². The molecule has 1 heterocycles. The quantitative estimate of drug-likeness (QED) is 0.232. The van der Waals surface area contributed by atoms with Crippen LogP contribution < -0.4 is 0 Å². The molecular weight excluding hydrogens is 749 g/mol. The molecule has 14 heavy (non-hydrogen) atoms. The van der Waals surface area contributed by atoms with Crippen LogP contribution in [0.15, 0.2) is 0 Å². The molecule has 3 nitrogen and oxygen atoms in total. The minimum atomic E-state index is 0.995. The highest BCUT2D eigenvalue weighted by Gasteiger charge is 2.17. The molecule has 0 amide bonds. The third-order valence-electron chi connectivity index (χ3n) is 1.58. The lowest BCUT2D eigenvalue weighted by Gasteiger charge is -2.02. The fourth-order valence-electron chi connectivity index (χ4n) is 0.978. The Morgan fingerprint density at radius 3 is 1.43 bits per heavy atom. The number of hydrogen-bond acceptors (Lipinski definition) is 2. The average molecular weight is 749 g/mol. The van der Waals surface area contributed by atoms with Crippen LogP contribution >= 0.6 is 113 Å². The SMILES string of the molecule is Ic1c(I)c(I)c2nn(I)nc2c1I. The normalized spacial score (nSPS) is 11.2. The molecule has 8 heteroatoms. The Morgan fingerprint density at radius 1 is 0.714 bits per heavy atom. The van der Waals surface area contributed by atoms with Crippen molar-refractivity contribution in [3.05, 3.63) is 14.3 Å². The van der Waals surface area contributed by atoms with Gasteiger partial charge in [-0.2, -0.15) is 0 Å². The number of nitrogens with zero attached hydrogens (tertiary/aromatic N) is 3. The van der Waals surface area contributed by atoms with E-state index in [1.807, 2.05) is 0 Å². The van der Waals surface area contributed by atoms with E-state index in [9.17, 15) is 0 Å². The van der Waals surface area contributed by atoms with E-state index in [1.54, 1.807) is 3.01 Å². The number of aromatic nitrogens is 3. The Balaban J connectivity index is 3.01. The Hall–Kier alpha value is 2.27. The number of halogens is 5. The third-order valence-corrected chi connectivity index (χ3v) is 9.37. The van der Waals surface area contributed by atoms with E-state index in [2.05, 4.69) is 123 Å². The fraction of sp³-hybridized carbons (Fsp3) is 0. The van der Waals surface area contributed by atoms with Crippen molar-refractivity contribution >= 4 is 124 Å². The van der Waals surface area contributed by atoms with Crippen LogP contribution in [0.4, 0.5) is 0 Å². The van der Waals surface area contributed by atoms with Gasteiger partial charge >= 0.3 is 0 Å². The van der Waals surface area contributed by atoms with E-state index in [4.69, 9.17) is 0 Å². The predicted octanol–water partition coefficient (Wildman–Crippen LogP) is 4.05. The highest BCUT2D eigenvalue weighted by Crippen LogP contribution is 2.32. The highest BCUT2D eigenvalue weighted by molar-refractivity contribution is 14.1. The molecule has 0 aliphatic carbocycles. The van der Waals surface area contributed by atoms with Crippen molar-refractivity contribution in [2.24, 2.45) is 0 Å². The molecular formula is C6I5N3. The first-order chi connectivity index (χ1) is 6.52. The summed E-state index contributed by atoms with van der Waals surface area (Å²) >= 11 is 11.4. The van der Waals surface area contributed by atoms with Crippen LogP contribution in [0.2, 0.25) is 0 Å². The van der Waals surface area contributed by atoms with Gasteiger partial charge in [0.2, 0.25) is 0 Å². The highest BCUT2D eigenvalue weighted by atomic mass is 127. The predicted molar refractivity (Wildman–Crippen MR) is 97.8 cm³/mol.